The lowest BCUT2D eigenvalue weighted by Crippen LogP contribution is -2.28. The molecule has 0 fully saturated rings. The van der Waals surface area contributed by atoms with Gasteiger partial charge in [0.1, 0.15) is 5.75 Å². The first kappa shape index (κ1) is 14.1. The van der Waals surface area contributed by atoms with Crippen molar-refractivity contribution in [1.29, 1.82) is 0 Å². The Labute approximate surface area is 118 Å². The van der Waals surface area contributed by atoms with Gasteiger partial charge >= 0.3 is 0 Å². The van der Waals surface area contributed by atoms with Crippen LogP contribution < -0.4 is 16.0 Å². The Balaban J connectivity index is 2.15. The topological polar surface area (TPSA) is 47.3 Å². The van der Waals surface area contributed by atoms with E-state index in [9.17, 15) is 0 Å². The number of thiophene rings is 1. The zero-order chi connectivity index (χ0) is 13.7. The number of ether oxygens (including phenoxy) is 1. The fourth-order valence-corrected chi connectivity index (χ4v) is 2.89. The van der Waals surface area contributed by atoms with E-state index in [2.05, 4.69) is 43.5 Å². The zero-order valence-corrected chi connectivity index (χ0v) is 12.2. The molecule has 0 aliphatic rings. The smallest absolute Gasteiger partial charge is 0.119 e. The SMILES string of the molecule is CCCOc1ccc(C(NN)c2ccc(C)s2)cc1. The van der Waals surface area contributed by atoms with E-state index in [1.165, 1.54) is 9.75 Å². The van der Waals surface area contributed by atoms with Gasteiger partial charge in [0.15, 0.2) is 0 Å². The van der Waals surface area contributed by atoms with E-state index in [0.717, 1.165) is 24.3 Å². The van der Waals surface area contributed by atoms with Crippen LogP contribution in [0.15, 0.2) is 36.4 Å². The molecule has 2 aromatic rings. The van der Waals surface area contributed by atoms with Crippen molar-refractivity contribution in [3.8, 4) is 5.75 Å². The molecule has 0 aliphatic carbocycles. The number of hydrazine groups is 1. The summed E-state index contributed by atoms with van der Waals surface area (Å²) in [5, 5.41) is 0. The van der Waals surface area contributed by atoms with Gasteiger partial charge in [0.05, 0.1) is 12.6 Å². The largest absolute Gasteiger partial charge is 0.494 e. The summed E-state index contributed by atoms with van der Waals surface area (Å²) in [6, 6.07) is 12.4. The molecule has 1 heterocycles. The first-order valence-corrected chi connectivity index (χ1v) is 7.31. The number of hydrogen-bond acceptors (Lipinski definition) is 4. The number of aryl methyl sites for hydroxylation is 1. The van der Waals surface area contributed by atoms with Crippen molar-refractivity contribution >= 4 is 11.3 Å². The standard InChI is InChI=1S/C15H20N2OS/c1-3-10-18-13-7-5-12(6-8-13)15(17-16)14-9-4-11(2)19-14/h4-9,15,17H,3,10,16H2,1-2H3. The van der Waals surface area contributed by atoms with Crippen LogP contribution in [-0.2, 0) is 0 Å². The molecule has 102 valence electrons. The van der Waals surface area contributed by atoms with Crippen molar-refractivity contribution in [1.82, 2.24) is 5.43 Å². The number of hydrogen-bond donors (Lipinski definition) is 2. The minimum atomic E-state index is 0.0407. The second-order valence-corrected chi connectivity index (χ2v) is 5.79. The molecular weight excluding hydrogens is 256 g/mol. The van der Waals surface area contributed by atoms with Crippen LogP contribution in [0.4, 0.5) is 0 Å². The first-order chi connectivity index (χ1) is 9.24. The number of nitrogens with one attached hydrogen (secondary N) is 1. The Morgan fingerprint density at radius 1 is 1.21 bits per heavy atom. The maximum absolute atomic E-state index is 5.69. The number of rotatable bonds is 6. The normalized spacial score (nSPS) is 12.4. The van der Waals surface area contributed by atoms with E-state index in [4.69, 9.17) is 10.6 Å². The molecule has 3 N–H and O–H groups in total. The lowest BCUT2D eigenvalue weighted by atomic mass is 10.1. The maximum atomic E-state index is 5.69. The minimum absolute atomic E-state index is 0.0407. The molecule has 1 aromatic carbocycles. The summed E-state index contributed by atoms with van der Waals surface area (Å²) in [6.45, 7) is 4.95. The molecule has 19 heavy (non-hydrogen) atoms. The van der Waals surface area contributed by atoms with E-state index >= 15 is 0 Å². The van der Waals surface area contributed by atoms with E-state index in [0.29, 0.717) is 0 Å². The maximum Gasteiger partial charge on any atom is 0.119 e. The van der Waals surface area contributed by atoms with Crippen LogP contribution in [-0.4, -0.2) is 6.61 Å². The highest BCUT2D eigenvalue weighted by atomic mass is 32.1. The highest BCUT2D eigenvalue weighted by Crippen LogP contribution is 2.28. The fourth-order valence-electron chi connectivity index (χ4n) is 1.93. The second-order valence-electron chi connectivity index (χ2n) is 4.47. The number of benzene rings is 1. The second kappa shape index (κ2) is 6.70. The van der Waals surface area contributed by atoms with Gasteiger partial charge in [0.2, 0.25) is 0 Å². The molecule has 4 heteroatoms. The Morgan fingerprint density at radius 2 is 1.95 bits per heavy atom. The molecule has 1 unspecified atom stereocenters. The summed E-state index contributed by atoms with van der Waals surface area (Å²) in [6.07, 6.45) is 1.02. The lowest BCUT2D eigenvalue weighted by molar-refractivity contribution is 0.317. The molecule has 0 bridgehead atoms. The van der Waals surface area contributed by atoms with Crippen LogP contribution in [0, 0.1) is 6.92 Å². The van der Waals surface area contributed by atoms with Crippen molar-refractivity contribution in [2.24, 2.45) is 5.84 Å². The fraction of sp³-hybridized carbons (Fsp3) is 0.333. The van der Waals surface area contributed by atoms with Crippen LogP contribution in [0.1, 0.15) is 34.7 Å². The summed E-state index contributed by atoms with van der Waals surface area (Å²) in [5.41, 5.74) is 4.03. The third-order valence-electron chi connectivity index (χ3n) is 2.90. The number of nitrogens with two attached hydrogens (primary N) is 1. The van der Waals surface area contributed by atoms with Gasteiger partial charge in [0, 0.05) is 9.75 Å². The highest BCUT2D eigenvalue weighted by Gasteiger charge is 2.14. The quantitative estimate of drug-likeness (QED) is 0.628. The third kappa shape index (κ3) is 3.56. The van der Waals surface area contributed by atoms with Crippen LogP contribution in [0.3, 0.4) is 0 Å². The summed E-state index contributed by atoms with van der Waals surface area (Å²) in [4.78, 5) is 2.51. The summed E-state index contributed by atoms with van der Waals surface area (Å²) in [5.74, 6) is 6.60. The van der Waals surface area contributed by atoms with Crippen LogP contribution in [0.25, 0.3) is 0 Å². The predicted molar refractivity (Wildman–Crippen MR) is 80.5 cm³/mol. The molecule has 0 saturated carbocycles. The molecule has 2 rings (SSSR count). The van der Waals surface area contributed by atoms with Crippen molar-refractivity contribution in [2.45, 2.75) is 26.3 Å². The van der Waals surface area contributed by atoms with Gasteiger partial charge < -0.3 is 4.74 Å². The summed E-state index contributed by atoms with van der Waals surface area (Å²) < 4.78 is 5.58. The molecular formula is C15H20N2OS. The minimum Gasteiger partial charge on any atom is -0.494 e. The van der Waals surface area contributed by atoms with Gasteiger partial charge in [0.25, 0.3) is 0 Å². The molecule has 1 aromatic heterocycles. The van der Waals surface area contributed by atoms with E-state index in [1.54, 1.807) is 11.3 Å². The highest BCUT2D eigenvalue weighted by molar-refractivity contribution is 7.12. The van der Waals surface area contributed by atoms with Gasteiger partial charge in [-0.25, -0.2) is 5.43 Å². The predicted octanol–water partition coefficient (Wildman–Crippen LogP) is 3.40. The van der Waals surface area contributed by atoms with Gasteiger partial charge in [-0.2, -0.15) is 0 Å². The molecule has 3 nitrogen and oxygen atoms in total. The Morgan fingerprint density at radius 3 is 2.47 bits per heavy atom. The molecule has 0 amide bonds. The van der Waals surface area contributed by atoms with Gasteiger partial charge in [-0.1, -0.05) is 19.1 Å². The van der Waals surface area contributed by atoms with E-state index in [1.807, 2.05) is 12.1 Å². The van der Waals surface area contributed by atoms with Crippen molar-refractivity contribution in [3.63, 3.8) is 0 Å². The zero-order valence-electron chi connectivity index (χ0n) is 11.3. The molecule has 0 aliphatic heterocycles. The Kier molecular flexibility index (Phi) is 4.96. The monoisotopic (exact) mass is 276 g/mol. The molecule has 0 spiro atoms. The van der Waals surface area contributed by atoms with Crippen molar-refractivity contribution in [2.75, 3.05) is 6.61 Å². The summed E-state index contributed by atoms with van der Waals surface area (Å²) >= 11 is 1.76. The average molecular weight is 276 g/mol. The third-order valence-corrected chi connectivity index (χ3v) is 3.96. The molecule has 0 radical (unpaired) electrons. The first-order valence-electron chi connectivity index (χ1n) is 6.49. The summed E-state index contributed by atoms with van der Waals surface area (Å²) in [7, 11) is 0. The van der Waals surface area contributed by atoms with Crippen molar-refractivity contribution in [3.05, 3.63) is 51.7 Å². The van der Waals surface area contributed by atoms with Gasteiger partial charge in [-0.15, -0.1) is 11.3 Å². The van der Waals surface area contributed by atoms with E-state index < -0.39 is 0 Å². The van der Waals surface area contributed by atoms with Gasteiger partial charge in [-0.05, 0) is 43.2 Å². The Hall–Kier alpha value is -1.36. The van der Waals surface area contributed by atoms with E-state index in [-0.39, 0.29) is 6.04 Å². The van der Waals surface area contributed by atoms with Crippen molar-refractivity contribution < 1.29 is 4.74 Å². The van der Waals surface area contributed by atoms with Crippen LogP contribution in [0.2, 0.25) is 0 Å². The molecule has 1 atom stereocenters. The van der Waals surface area contributed by atoms with Crippen LogP contribution >= 0.6 is 11.3 Å². The Bertz CT molecular complexity index is 507. The van der Waals surface area contributed by atoms with Crippen LogP contribution in [0.5, 0.6) is 5.75 Å². The average Bonchev–Trinajstić information content (AvgIpc) is 2.85. The van der Waals surface area contributed by atoms with Gasteiger partial charge in [-0.3, -0.25) is 5.84 Å². The molecule has 0 saturated heterocycles. The lowest BCUT2D eigenvalue weighted by Gasteiger charge is -2.15.